The third kappa shape index (κ3) is 4.14. The third-order valence-electron chi connectivity index (χ3n) is 4.14. The van der Waals surface area contributed by atoms with Gasteiger partial charge < -0.3 is 14.5 Å². The molecule has 1 fully saturated rings. The van der Waals surface area contributed by atoms with Crippen molar-refractivity contribution in [3.8, 4) is 17.3 Å². The first-order valence-corrected chi connectivity index (χ1v) is 8.64. The largest absolute Gasteiger partial charge is 0.444 e. The molecule has 1 aliphatic rings. The summed E-state index contributed by atoms with van der Waals surface area (Å²) in [6.07, 6.45) is -0.266. The predicted octanol–water partition coefficient (Wildman–Crippen LogP) is 3.01. The molecule has 1 N–H and O–H groups in total. The number of H-pyrrole nitrogens is 1. The predicted molar refractivity (Wildman–Crippen MR) is 98.8 cm³/mol. The van der Waals surface area contributed by atoms with Crippen LogP contribution in [0.5, 0.6) is 0 Å². The Balaban J connectivity index is 1.61. The maximum atomic E-state index is 12.1. The number of nitrogens with zero attached hydrogens (tertiary/aromatic N) is 4. The van der Waals surface area contributed by atoms with Crippen LogP contribution in [0.2, 0.25) is 0 Å². The number of hydrogen-bond donors (Lipinski definition) is 1. The second-order valence-corrected chi connectivity index (χ2v) is 7.28. The van der Waals surface area contributed by atoms with E-state index in [9.17, 15) is 4.79 Å². The molecule has 1 amide bonds. The highest BCUT2D eigenvalue weighted by molar-refractivity contribution is 5.69. The molecular weight excluding hydrogens is 330 g/mol. The van der Waals surface area contributed by atoms with E-state index in [0.717, 1.165) is 17.1 Å². The Bertz CT molecular complexity index is 806. The maximum Gasteiger partial charge on any atom is 0.410 e. The van der Waals surface area contributed by atoms with Crippen molar-refractivity contribution in [2.24, 2.45) is 0 Å². The number of hydrogen-bond acceptors (Lipinski definition) is 5. The minimum Gasteiger partial charge on any atom is -0.444 e. The molecule has 0 spiro atoms. The summed E-state index contributed by atoms with van der Waals surface area (Å²) in [4.78, 5) is 16.0. The van der Waals surface area contributed by atoms with Crippen LogP contribution in [0.1, 0.15) is 26.3 Å². The highest BCUT2D eigenvalue weighted by atomic mass is 16.6. The van der Waals surface area contributed by atoms with Gasteiger partial charge in [0.15, 0.2) is 5.82 Å². The van der Waals surface area contributed by atoms with Gasteiger partial charge in [-0.3, -0.25) is 5.10 Å². The van der Waals surface area contributed by atoms with Gasteiger partial charge in [0, 0.05) is 32.2 Å². The van der Waals surface area contributed by atoms with Crippen LogP contribution in [0.4, 0.5) is 10.6 Å². The first-order chi connectivity index (χ1) is 12.4. The minimum absolute atomic E-state index is 0.266. The Labute approximate surface area is 153 Å². The number of carbonyl (C=O) groups is 1. The second kappa shape index (κ2) is 7.08. The molecule has 0 saturated carbocycles. The van der Waals surface area contributed by atoms with E-state index in [1.54, 1.807) is 17.0 Å². The van der Waals surface area contributed by atoms with Crippen molar-refractivity contribution in [3.63, 3.8) is 0 Å². The summed E-state index contributed by atoms with van der Waals surface area (Å²) < 4.78 is 5.42. The molecule has 136 valence electrons. The number of carbonyl (C=O) groups excluding carboxylic acids is 1. The van der Waals surface area contributed by atoms with Gasteiger partial charge >= 0.3 is 6.09 Å². The van der Waals surface area contributed by atoms with Gasteiger partial charge in [-0.2, -0.15) is 10.4 Å². The molecule has 0 atom stereocenters. The molecule has 2 aromatic rings. The highest BCUT2D eigenvalue weighted by Gasteiger charge is 2.26. The SMILES string of the molecule is CC(C)(C)OC(=O)N1CCN(c2cc(-c3ccc(C#N)cc3)[nH]n2)CC1. The number of benzene rings is 1. The van der Waals surface area contributed by atoms with Crippen LogP contribution >= 0.6 is 0 Å². The monoisotopic (exact) mass is 353 g/mol. The van der Waals surface area contributed by atoms with Crippen LogP contribution in [0.15, 0.2) is 30.3 Å². The molecule has 1 saturated heterocycles. The van der Waals surface area contributed by atoms with Gasteiger partial charge in [-0.05, 0) is 38.5 Å². The van der Waals surface area contributed by atoms with E-state index in [0.29, 0.717) is 31.7 Å². The number of aromatic amines is 1. The van der Waals surface area contributed by atoms with Gasteiger partial charge in [0.05, 0.1) is 17.3 Å². The summed E-state index contributed by atoms with van der Waals surface area (Å²) in [5.41, 5.74) is 2.04. The maximum absolute atomic E-state index is 12.1. The zero-order valence-electron chi connectivity index (χ0n) is 15.3. The van der Waals surface area contributed by atoms with Gasteiger partial charge in [-0.15, -0.1) is 0 Å². The number of rotatable bonds is 2. The van der Waals surface area contributed by atoms with Crippen molar-refractivity contribution >= 4 is 11.9 Å². The normalized spacial score (nSPS) is 14.8. The molecule has 0 bridgehead atoms. The molecule has 7 heteroatoms. The molecule has 2 heterocycles. The number of amides is 1. The average molecular weight is 353 g/mol. The molecule has 3 rings (SSSR count). The average Bonchev–Trinajstić information content (AvgIpc) is 3.10. The Hall–Kier alpha value is -3.01. The Morgan fingerprint density at radius 3 is 2.42 bits per heavy atom. The molecule has 26 heavy (non-hydrogen) atoms. The van der Waals surface area contributed by atoms with Gasteiger partial charge in [-0.25, -0.2) is 4.79 Å². The molecule has 0 unspecified atom stereocenters. The zero-order chi connectivity index (χ0) is 18.7. The summed E-state index contributed by atoms with van der Waals surface area (Å²) in [5.74, 6) is 0.855. The highest BCUT2D eigenvalue weighted by Crippen LogP contribution is 2.23. The van der Waals surface area contributed by atoms with Crippen LogP contribution in [0, 0.1) is 11.3 Å². The lowest BCUT2D eigenvalue weighted by Gasteiger charge is -2.35. The summed E-state index contributed by atoms with van der Waals surface area (Å²) in [5, 5.41) is 16.3. The summed E-state index contributed by atoms with van der Waals surface area (Å²) in [7, 11) is 0. The molecular formula is C19H23N5O2. The molecule has 1 aromatic carbocycles. The van der Waals surface area contributed by atoms with Gasteiger partial charge in [0.2, 0.25) is 0 Å². The van der Waals surface area contributed by atoms with Crippen LogP contribution in [0.3, 0.4) is 0 Å². The lowest BCUT2D eigenvalue weighted by Crippen LogP contribution is -2.50. The number of ether oxygens (including phenoxy) is 1. The summed E-state index contributed by atoms with van der Waals surface area (Å²) in [6.45, 7) is 8.23. The van der Waals surface area contributed by atoms with E-state index < -0.39 is 5.60 Å². The fourth-order valence-electron chi connectivity index (χ4n) is 2.79. The van der Waals surface area contributed by atoms with Gasteiger partial charge in [0.25, 0.3) is 0 Å². The van der Waals surface area contributed by atoms with Crippen molar-refractivity contribution < 1.29 is 9.53 Å². The number of nitrogens with one attached hydrogen (secondary N) is 1. The van der Waals surface area contributed by atoms with E-state index in [1.165, 1.54) is 0 Å². The Morgan fingerprint density at radius 1 is 1.19 bits per heavy atom. The number of nitriles is 1. The molecule has 0 radical (unpaired) electrons. The zero-order valence-corrected chi connectivity index (χ0v) is 15.3. The van der Waals surface area contributed by atoms with E-state index in [1.807, 2.05) is 39.0 Å². The first kappa shape index (κ1) is 17.8. The molecule has 7 nitrogen and oxygen atoms in total. The number of aromatic nitrogens is 2. The lowest BCUT2D eigenvalue weighted by molar-refractivity contribution is 0.0240. The van der Waals surface area contributed by atoms with Gasteiger partial charge in [-0.1, -0.05) is 12.1 Å². The molecule has 1 aliphatic heterocycles. The third-order valence-corrected chi connectivity index (χ3v) is 4.14. The standard InChI is InChI=1S/C19H23N5O2/c1-19(2,3)26-18(25)24-10-8-23(9-11-24)17-12-16(21-22-17)15-6-4-14(13-20)5-7-15/h4-7,12H,8-11H2,1-3H3,(H,21,22). The summed E-state index contributed by atoms with van der Waals surface area (Å²) in [6, 6.07) is 11.5. The van der Waals surface area contributed by atoms with Crippen LogP contribution < -0.4 is 4.90 Å². The van der Waals surface area contributed by atoms with E-state index >= 15 is 0 Å². The first-order valence-electron chi connectivity index (χ1n) is 8.64. The molecule has 0 aliphatic carbocycles. The Morgan fingerprint density at radius 2 is 1.85 bits per heavy atom. The second-order valence-electron chi connectivity index (χ2n) is 7.28. The van der Waals surface area contributed by atoms with Crippen molar-refractivity contribution in [3.05, 3.63) is 35.9 Å². The topological polar surface area (TPSA) is 85.2 Å². The lowest BCUT2D eigenvalue weighted by atomic mass is 10.1. The number of piperazine rings is 1. The number of anilines is 1. The smallest absolute Gasteiger partial charge is 0.410 e. The van der Waals surface area contributed by atoms with E-state index in [4.69, 9.17) is 10.00 Å². The van der Waals surface area contributed by atoms with E-state index in [2.05, 4.69) is 21.2 Å². The van der Waals surface area contributed by atoms with E-state index in [-0.39, 0.29) is 6.09 Å². The van der Waals surface area contributed by atoms with Crippen molar-refractivity contribution in [1.29, 1.82) is 5.26 Å². The minimum atomic E-state index is -0.480. The Kier molecular flexibility index (Phi) is 4.85. The van der Waals surface area contributed by atoms with Gasteiger partial charge in [0.1, 0.15) is 5.60 Å². The van der Waals surface area contributed by atoms with Crippen LogP contribution in [-0.4, -0.2) is 53.0 Å². The van der Waals surface area contributed by atoms with Crippen LogP contribution in [0.25, 0.3) is 11.3 Å². The fraction of sp³-hybridized carbons (Fsp3) is 0.421. The summed E-state index contributed by atoms with van der Waals surface area (Å²) >= 11 is 0. The fourth-order valence-corrected chi connectivity index (χ4v) is 2.79. The molecule has 1 aromatic heterocycles. The van der Waals surface area contributed by atoms with Crippen molar-refractivity contribution in [2.75, 3.05) is 31.1 Å². The quantitative estimate of drug-likeness (QED) is 0.897. The van der Waals surface area contributed by atoms with Crippen molar-refractivity contribution in [2.45, 2.75) is 26.4 Å². The van der Waals surface area contributed by atoms with Crippen LogP contribution in [-0.2, 0) is 4.74 Å². The van der Waals surface area contributed by atoms with Crippen molar-refractivity contribution in [1.82, 2.24) is 15.1 Å².